The van der Waals surface area contributed by atoms with Gasteiger partial charge in [-0.15, -0.1) is 11.8 Å². The van der Waals surface area contributed by atoms with E-state index in [2.05, 4.69) is 42.8 Å². The van der Waals surface area contributed by atoms with Crippen LogP contribution in [0, 0.1) is 23.7 Å². The standard InChI is InChI=1S/C23H39NO/c1-3-5-6-7-8-9-10-11-12-13-14-15-16-17-18-19-20-21-23(25)24-22-4-2/h3-13,16,19-22H2,1-2H3,(H,24,25). The van der Waals surface area contributed by atoms with Crippen LogP contribution >= 0.6 is 0 Å². The van der Waals surface area contributed by atoms with Crippen LogP contribution in [-0.2, 0) is 4.79 Å². The van der Waals surface area contributed by atoms with Gasteiger partial charge in [0.25, 0.3) is 0 Å². The molecule has 25 heavy (non-hydrogen) atoms. The van der Waals surface area contributed by atoms with Gasteiger partial charge in [-0.25, -0.2) is 0 Å². The number of carbonyl (C=O) groups is 1. The molecule has 1 amide bonds. The van der Waals surface area contributed by atoms with E-state index in [1.807, 2.05) is 0 Å². The van der Waals surface area contributed by atoms with Gasteiger partial charge in [-0.3, -0.25) is 4.79 Å². The summed E-state index contributed by atoms with van der Waals surface area (Å²) < 4.78 is 0. The third kappa shape index (κ3) is 20.5. The second kappa shape index (κ2) is 20.6. The molecule has 0 spiro atoms. The molecule has 0 bridgehead atoms. The van der Waals surface area contributed by atoms with Crippen molar-refractivity contribution in [3.63, 3.8) is 0 Å². The summed E-state index contributed by atoms with van der Waals surface area (Å²) in [6.45, 7) is 5.10. The Morgan fingerprint density at radius 2 is 1.24 bits per heavy atom. The molecule has 0 unspecified atom stereocenters. The van der Waals surface area contributed by atoms with Crippen molar-refractivity contribution in [3.05, 3.63) is 0 Å². The maximum Gasteiger partial charge on any atom is 0.220 e. The van der Waals surface area contributed by atoms with Gasteiger partial charge in [0.15, 0.2) is 0 Å². The van der Waals surface area contributed by atoms with E-state index in [1.165, 1.54) is 57.8 Å². The number of carbonyl (C=O) groups excluding carboxylic acids is 1. The highest BCUT2D eigenvalue weighted by atomic mass is 16.1. The van der Waals surface area contributed by atoms with E-state index in [1.54, 1.807) is 0 Å². The van der Waals surface area contributed by atoms with E-state index in [-0.39, 0.29) is 5.91 Å². The molecule has 0 saturated heterocycles. The monoisotopic (exact) mass is 345 g/mol. The second-order valence-corrected chi connectivity index (χ2v) is 6.67. The Labute approximate surface area is 156 Å². The van der Waals surface area contributed by atoms with Gasteiger partial charge >= 0.3 is 0 Å². The summed E-state index contributed by atoms with van der Waals surface area (Å²) in [6.07, 6.45) is 17.1. The lowest BCUT2D eigenvalue weighted by molar-refractivity contribution is -0.121. The SMILES string of the molecule is CCCCCCCCCCCC#CCC#CCCCC(=O)NCCC. The lowest BCUT2D eigenvalue weighted by atomic mass is 10.1. The van der Waals surface area contributed by atoms with Crippen molar-refractivity contribution >= 4 is 5.91 Å². The summed E-state index contributed by atoms with van der Waals surface area (Å²) in [6, 6.07) is 0. The molecular weight excluding hydrogens is 306 g/mol. The van der Waals surface area contributed by atoms with Gasteiger partial charge < -0.3 is 5.32 Å². The van der Waals surface area contributed by atoms with E-state index in [4.69, 9.17) is 0 Å². The molecule has 0 radical (unpaired) electrons. The topological polar surface area (TPSA) is 29.1 Å². The Bertz CT molecular complexity index is 419. The second-order valence-electron chi connectivity index (χ2n) is 6.67. The van der Waals surface area contributed by atoms with Crippen molar-refractivity contribution in [1.29, 1.82) is 0 Å². The molecule has 0 aliphatic heterocycles. The van der Waals surface area contributed by atoms with Crippen molar-refractivity contribution < 1.29 is 4.79 Å². The highest BCUT2D eigenvalue weighted by Crippen LogP contribution is 2.10. The van der Waals surface area contributed by atoms with Crippen molar-refractivity contribution in [2.75, 3.05) is 6.54 Å². The van der Waals surface area contributed by atoms with Gasteiger partial charge in [-0.05, 0) is 19.3 Å². The molecule has 0 aliphatic rings. The molecule has 0 aromatic rings. The van der Waals surface area contributed by atoms with E-state index in [0.717, 1.165) is 32.2 Å². The number of unbranched alkanes of at least 4 members (excludes halogenated alkanes) is 10. The minimum atomic E-state index is 0.143. The fourth-order valence-corrected chi connectivity index (χ4v) is 2.56. The number of rotatable bonds is 14. The van der Waals surface area contributed by atoms with E-state index < -0.39 is 0 Å². The predicted molar refractivity (Wildman–Crippen MR) is 109 cm³/mol. The molecule has 0 aliphatic carbocycles. The van der Waals surface area contributed by atoms with Crippen LogP contribution in [0.1, 0.15) is 110 Å². The van der Waals surface area contributed by atoms with E-state index >= 15 is 0 Å². The van der Waals surface area contributed by atoms with Crippen LogP contribution in [0.5, 0.6) is 0 Å². The molecule has 2 heteroatoms. The van der Waals surface area contributed by atoms with Crippen LogP contribution < -0.4 is 5.32 Å². The fourth-order valence-electron chi connectivity index (χ4n) is 2.56. The first-order chi connectivity index (χ1) is 12.3. The summed E-state index contributed by atoms with van der Waals surface area (Å²) in [5, 5.41) is 2.88. The van der Waals surface area contributed by atoms with E-state index in [0.29, 0.717) is 12.8 Å². The lowest BCUT2D eigenvalue weighted by Gasteiger charge is -2.00. The van der Waals surface area contributed by atoms with Crippen LogP contribution in [0.4, 0.5) is 0 Å². The molecule has 0 rings (SSSR count). The number of amides is 1. The molecule has 0 heterocycles. The zero-order valence-corrected chi connectivity index (χ0v) is 16.7. The first-order valence-electron chi connectivity index (χ1n) is 10.5. The van der Waals surface area contributed by atoms with Crippen LogP contribution in [0.2, 0.25) is 0 Å². The summed E-state index contributed by atoms with van der Waals surface area (Å²) in [7, 11) is 0. The minimum absolute atomic E-state index is 0.143. The molecule has 2 nitrogen and oxygen atoms in total. The molecule has 0 aromatic heterocycles. The summed E-state index contributed by atoms with van der Waals surface area (Å²) in [5.41, 5.74) is 0. The maximum atomic E-state index is 11.4. The van der Waals surface area contributed by atoms with Gasteiger partial charge in [0.2, 0.25) is 5.91 Å². The number of hydrogen-bond acceptors (Lipinski definition) is 1. The van der Waals surface area contributed by atoms with Crippen molar-refractivity contribution in [2.24, 2.45) is 0 Å². The van der Waals surface area contributed by atoms with Crippen LogP contribution in [0.3, 0.4) is 0 Å². The zero-order chi connectivity index (χ0) is 18.4. The molecule has 0 aromatic carbocycles. The molecule has 142 valence electrons. The summed E-state index contributed by atoms with van der Waals surface area (Å²) in [4.78, 5) is 11.4. The summed E-state index contributed by atoms with van der Waals surface area (Å²) in [5.74, 6) is 12.7. The minimum Gasteiger partial charge on any atom is -0.356 e. The van der Waals surface area contributed by atoms with E-state index in [9.17, 15) is 4.79 Å². The predicted octanol–water partition coefficient (Wildman–Crippen LogP) is 6.00. The smallest absolute Gasteiger partial charge is 0.220 e. The van der Waals surface area contributed by atoms with Gasteiger partial charge in [0.1, 0.15) is 0 Å². The Hall–Kier alpha value is -1.41. The van der Waals surface area contributed by atoms with Crippen LogP contribution in [-0.4, -0.2) is 12.5 Å². The van der Waals surface area contributed by atoms with Crippen molar-refractivity contribution in [3.8, 4) is 23.7 Å². The average molecular weight is 346 g/mol. The van der Waals surface area contributed by atoms with Crippen LogP contribution in [0.25, 0.3) is 0 Å². The van der Waals surface area contributed by atoms with Gasteiger partial charge in [-0.1, -0.05) is 77.1 Å². The lowest BCUT2D eigenvalue weighted by Crippen LogP contribution is -2.23. The molecular formula is C23H39NO. The van der Waals surface area contributed by atoms with Crippen molar-refractivity contribution in [2.45, 2.75) is 110 Å². The van der Waals surface area contributed by atoms with Crippen molar-refractivity contribution in [1.82, 2.24) is 5.32 Å². The average Bonchev–Trinajstić information content (AvgIpc) is 2.62. The Morgan fingerprint density at radius 3 is 1.84 bits per heavy atom. The molecule has 0 atom stereocenters. The fraction of sp³-hybridized carbons (Fsp3) is 0.783. The Balaban J connectivity index is 3.33. The van der Waals surface area contributed by atoms with Gasteiger partial charge in [0.05, 0.1) is 6.42 Å². The maximum absolute atomic E-state index is 11.4. The zero-order valence-electron chi connectivity index (χ0n) is 16.7. The molecule has 0 saturated carbocycles. The molecule has 1 N–H and O–H groups in total. The third-order valence-corrected chi connectivity index (χ3v) is 4.11. The van der Waals surface area contributed by atoms with Crippen LogP contribution in [0.15, 0.2) is 0 Å². The third-order valence-electron chi connectivity index (χ3n) is 4.11. The van der Waals surface area contributed by atoms with Gasteiger partial charge in [0, 0.05) is 25.8 Å². The normalized spacial score (nSPS) is 9.68. The highest BCUT2D eigenvalue weighted by Gasteiger charge is 1.97. The first kappa shape index (κ1) is 23.6. The summed E-state index contributed by atoms with van der Waals surface area (Å²) >= 11 is 0. The Morgan fingerprint density at radius 1 is 0.680 bits per heavy atom. The number of hydrogen-bond donors (Lipinski definition) is 1. The quantitative estimate of drug-likeness (QED) is 0.303. The highest BCUT2D eigenvalue weighted by molar-refractivity contribution is 5.75. The number of nitrogens with one attached hydrogen (secondary N) is 1. The molecule has 0 fully saturated rings. The van der Waals surface area contributed by atoms with Gasteiger partial charge in [-0.2, -0.15) is 0 Å². The largest absolute Gasteiger partial charge is 0.356 e. The first-order valence-corrected chi connectivity index (χ1v) is 10.5. The Kier molecular flexibility index (Phi) is 19.5.